The molecule has 4 rings (SSSR count). The molecule has 0 aliphatic carbocycles. The van der Waals surface area contributed by atoms with Gasteiger partial charge in [0.15, 0.2) is 0 Å². The Morgan fingerprint density at radius 3 is 2.41 bits per heavy atom. The van der Waals surface area contributed by atoms with Crippen LogP contribution in [0.25, 0.3) is 0 Å². The number of fused-ring (bicyclic) bond motifs is 1. The Hall–Kier alpha value is -1.85. The van der Waals surface area contributed by atoms with E-state index in [1.54, 1.807) is 28.6 Å². The van der Waals surface area contributed by atoms with Crippen molar-refractivity contribution in [1.29, 1.82) is 0 Å². The Bertz CT molecular complexity index is 888. The molecule has 0 spiro atoms. The monoisotopic (exact) mass is 384 g/mol. The molecule has 1 saturated heterocycles. The fourth-order valence-corrected chi connectivity index (χ4v) is 6.08. The van der Waals surface area contributed by atoms with Crippen molar-refractivity contribution in [3.63, 3.8) is 0 Å². The Kier molecular flexibility index (Phi) is 5.24. The summed E-state index contributed by atoms with van der Waals surface area (Å²) < 4.78 is 27.8. The standard InChI is InChI=1S/C22H28N2O2S/c1-2-14-23-15-11-18(12-16-23)20-9-6-10-22-21(20)13-17-24(22)27(25,26)19-7-4-3-5-8-19/h3-10,18H,2,11-17H2,1H3. The Labute approximate surface area is 162 Å². The van der Waals surface area contributed by atoms with Crippen molar-refractivity contribution in [2.24, 2.45) is 0 Å². The lowest BCUT2D eigenvalue weighted by Gasteiger charge is -2.32. The van der Waals surface area contributed by atoms with Gasteiger partial charge in [-0.05, 0) is 80.6 Å². The van der Waals surface area contributed by atoms with E-state index in [9.17, 15) is 8.42 Å². The first kappa shape index (κ1) is 18.5. The number of piperidine rings is 1. The van der Waals surface area contributed by atoms with E-state index in [1.165, 1.54) is 36.9 Å². The molecule has 0 amide bonds. The third kappa shape index (κ3) is 3.50. The van der Waals surface area contributed by atoms with Gasteiger partial charge < -0.3 is 4.90 Å². The summed E-state index contributed by atoms with van der Waals surface area (Å²) in [6.07, 6.45) is 4.36. The van der Waals surface area contributed by atoms with Crippen molar-refractivity contribution in [1.82, 2.24) is 4.90 Å². The van der Waals surface area contributed by atoms with Crippen LogP contribution in [0.4, 0.5) is 5.69 Å². The van der Waals surface area contributed by atoms with E-state index in [4.69, 9.17) is 0 Å². The van der Waals surface area contributed by atoms with Crippen molar-refractivity contribution < 1.29 is 8.42 Å². The summed E-state index contributed by atoms with van der Waals surface area (Å²) in [5, 5.41) is 0. The van der Waals surface area contributed by atoms with E-state index >= 15 is 0 Å². The molecule has 2 aliphatic rings. The molecule has 0 saturated carbocycles. The van der Waals surface area contributed by atoms with Crippen LogP contribution in [0.2, 0.25) is 0 Å². The fraction of sp³-hybridized carbons (Fsp3) is 0.455. The van der Waals surface area contributed by atoms with Gasteiger partial charge in [-0.15, -0.1) is 0 Å². The second-order valence-electron chi connectivity index (χ2n) is 7.60. The number of rotatable bonds is 5. The maximum absolute atomic E-state index is 13.1. The van der Waals surface area contributed by atoms with Crippen LogP contribution >= 0.6 is 0 Å². The number of anilines is 1. The van der Waals surface area contributed by atoms with E-state index in [0.29, 0.717) is 17.4 Å². The van der Waals surface area contributed by atoms with Gasteiger partial charge >= 0.3 is 0 Å². The van der Waals surface area contributed by atoms with Crippen LogP contribution in [0.5, 0.6) is 0 Å². The van der Waals surface area contributed by atoms with E-state index in [-0.39, 0.29) is 0 Å². The highest BCUT2D eigenvalue weighted by molar-refractivity contribution is 7.92. The second kappa shape index (κ2) is 7.64. The predicted octanol–water partition coefficient (Wildman–Crippen LogP) is 4.03. The molecule has 27 heavy (non-hydrogen) atoms. The Morgan fingerprint density at radius 2 is 1.70 bits per heavy atom. The van der Waals surface area contributed by atoms with Gasteiger partial charge in [-0.3, -0.25) is 4.31 Å². The molecular weight excluding hydrogens is 356 g/mol. The second-order valence-corrected chi connectivity index (χ2v) is 9.46. The molecule has 0 radical (unpaired) electrons. The maximum Gasteiger partial charge on any atom is 0.264 e. The van der Waals surface area contributed by atoms with Gasteiger partial charge in [0.2, 0.25) is 0 Å². The average molecular weight is 385 g/mol. The fourth-order valence-electron chi connectivity index (χ4n) is 4.57. The highest BCUT2D eigenvalue weighted by atomic mass is 32.2. The van der Waals surface area contributed by atoms with Crippen molar-refractivity contribution >= 4 is 15.7 Å². The topological polar surface area (TPSA) is 40.6 Å². The number of likely N-dealkylation sites (tertiary alicyclic amines) is 1. The summed E-state index contributed by atoms with van der Waals surface area (Å²) in [5.41, 5.74) is 3.49. The van der Waals surface area contributed by atoms with E-state index in [0.717, 1.165) is 25.2 Å². The molecule has 0 N–H and O–H groups in total. The molecule has 0 aromatic heterocycles. The molecule has 0 atom stereocenters. The van der Waals surface area contributed by atoms with E-state index in [2.05, 4.69) is 17.9 Å². The third-order valence-corrected chi connectivity index (χ3v) is 7.75. The highest BCUT2D eigenvalue weighted by Crippen LogP contribution is 2.40. The minimum Gasteiger partial charge on any atom is -0.303 e. The summed E-state index contributed by atoms with van der Waals surface area (Å²) in [6.45, 7) is 6.25. The van der Waals surface area contributed by atoms with Crippen LogP contribution in [0.3, 0.4) is 0 Å². The highest BCUT2D eigenvalue weighted by Gasteiger charge is 2.33. The van der Waals surface area contributed by atoms with Crippen LogP contribution < -0.4 is 4.31 Å². The van der Waals surface area contributed by atoms with Crippen LogP contribution in [0, 0.1) is 0 Å². The van der Waals surface area contributed by atoms with Gasteiger partial charge in [0.05, 0.1) is 10.6 Å². The molecule has 2 aliphatic heterocycles. The molecule has 0 unspecified atom stereocenters. The molecule has 5 heteroatoms. The van der Waals surface area contributed by atoms with Crippen LogP contribution in [0.1, 0.15) is 43.2 Å². The number of benzene rings is 2. The van der Waals surface area contributed by atoms with Gasteiger partial charge in [-0.1, -0.05) is 37.3 Å². The van der Waals surface area contributed by atoms with Crippen molar-refractivity contribution in [3.8, 4) is 0 Å². The molecule has 2 aromatic carbocycles. The summed E-state index contributed by atoms with van der Waals surface area (Å²) in [5.74, 6) is 0.549. The number of sulfonamides is 1. The van der Waals surface area contributed by atoms with Gasteiger partial charge in [-0.25, -0.2) is 8.42 Å². The average Bonchev–Trinajstić information content (AvgIpc) is 3.15. The maximum atomic E-state index is 13.1. The largest absolute Gasteiger partial charge is 0.303 e. The van der Waals surface area contributed by atoms with Gasteiger partial charge in [0.1, 0.15) is 0 Å². The molecule has 144 valence electrons. The lowest BCUT2D eigenvalue weighted by atomic mass is 9.85. The molecule has 1 fully saturated rings. The normalized spacial score (nSPS) is 18.6. The zero-order chi connectivity index (χ0) is 18.9. The quantitative estimate of drug-likeness (QED) is 0.781. The Balaban J connectivity index is 1.60. The first-order valence-electron chi connectivity index (χ1n) is 10.0. The van der Waals surface area contributed by atoms with Crippen molar-refractivity contribution in [3.05, 3.63) is 59.7 Å². The van der Waals surface area contributed by atoms with Gasteiger partial charge in [0, 0.05) is 6.54 Å². The molecular formula is C22H28N2O2S. The summed E-state index contributed by atoms with van der Waals surface area (Å²) in [6, 6.07) is 15.0. The van der Waals surface area contributed by atoms with Crippen LogP contribution in [0.15, 0.2) is 53.4 Å². The molecule has 2 aromatic rings. The predicted molar refractivity (Wildman–Crippen MR) is 110 cm³/mol. The van der Waals surface area contributed by atoms with E-state index in [1.807, 2.05) is 18.2 Å². The Morgan fingerprint density at radius 1 is 0.963 bits per heavy atom. The first-order valence-corrected chi connectivity index (χ1v) is 11.5. The summed E-state index contributed by atoms with van der Waals surface area (Å²) in [7, 11) is -3.49. The summed E-state index contributed by atoms with van der Waals surface area (Å²) in [4.78, 5) is 2.92. The van der Waals surface area contributed by atoms with Crippen LogP contribution in [-0.2, 0) is 16.4 Å². The number of hydrogen-bond donors (Lipinski definition) is 0. The molecule has 2 heterocycles. The lowest BCUT2D eigenvalue weighted by molar-refractivity contribution is 0.212. The van der Waals surface area contributed by atoms with E-state index < -0.39 is 10.0 Å². The van der Waals surface area contributed by atoms with Crippen molar-refractivity contribution in [2.45, 2.75) is 43.4 Å². The number of hydrogen-bond acceptors (Lipinski definition) is 3. The smallest absolute Gasteiger partial charge is 0.264 e. The zero-order valence-corrected chi connectivity index (χ0v) is 16.8. The third-order valence-electron chi connectivity index (χ3n) is 5.92. The minimum atomic E-state index is -3.49. The van der Waals surface area contributed by atoms with Crippen molar-refractivity contribution in [2.75, 3.05) is 30.5 Å². The SMILES string of the molecule is CCCN1CCC(c2cccc3c2CCN3S(=O)(=O)c2ccccc2)CC1. The zero-order valence-electron chi connectivity index (χ0n) is 16.0. The van der Waals surface area contributed by atoms with Gasteiger partial charge in [0.25, 0.3) is 10.0 Å². The van der Waals surface area contributed by atoms with Crippen LogP contribution in [-0.4, -0.2) is 39.5 Å². The number of nitrogens with zero attached hydrogens (tertiary/aromatic N) is 2. The van der Waals surface area contributed by atoms with Gasteiger partial charge in [-0.2, -0.15) is 0 Å². The minimum absolute atomic E-state index is 0.371. The molecule has 0 bridgehead atoms. The molecule has 4 nitrogen and oxygen atoms in total. The summed E-state index contributed by atoms with van der Waals surface area (Å²) >= 11 is 0. The first-order chi connectivity index (χ1) is 13.1. The lowest BCUT2D eigenvalue weighted by Crippen LogP contribution is -2.33.